The van der Waals surface area contributed by atoms with Crippen LogP contribution < -0.4 is 5.32 Å². The van der Waals surface area contributed by atoms with Crippen LogP contribution in [-0.2, 0) is 11.0 Å². The Morgan fingerprint density at radius 3 is 2.54 bits per heavy atom. The molecule has 2 N–H and O–H groups in total. The first kappa shape index (κ1) is 20.1. The molecule has 2 heterocycles. The number of aromatic amines is 1. The van der Waals surface area contributed by atoms with Crippen LogP contribution in [0.2, 0.25) is 0 Å². The molecule has 0 bridgehead atoms. The lowest BCUT2D eigenvalue weighted by Gasteiger charge is -2.20. The van der Waals surface area contributed by atoms with E-state index in [1.807, 2.05) is 0 Å². The number of rotatable bonds is 4. The maximum Gasteiger partial charge on any atom is 0.416 e. The molecule has 28 heavy (non-hydrogen) atoms. The van der Waals surface area contributed by atoms with Crippen molar-refractivity contribution in [3.05, 3.63) is 35.5 Å². The second-order valence-electron chi connectivity index (χ2n) is 6.95. The third-order valence-electron chi connectivity index (χ3n) is 4.85. The molecule has 5 nitrogen and oxygen atoms in total. The van der Waals surface area contributed by atoms with Gasteiger partial charge in [0.15, 0.2) is 0 Å². The highest BCUT2D eigenvalue weighted by atomic mass is 19.4. The number of aromatic nitrogens is 1. The SMILES string of the molecule is CC(F)(F)C1CCN(C(=O)CNC(=O)c2cc3cc(C(F)(F)F)ccc3[nH]2)C1. The summed E-state index contributed by atoms with van der Waals surface area (Å²) >= 11 is 0. The number of alkyl halides is 5. The Morgan fingerprint density at radius 2 is 1.93 bits per heavy atom. The van der Waals surface area contributed by atoms with Crippen LogP contribution >= 0.6 is 0 Å². The number of nitrogens with zero attached hydrogens (tertiary/aromatic N) is 1. The summed E-state index contributed by atoms with van der Waals surface area (Å²) in [6.07, 6.45) is -4.31. The molecule has 2 aromatic rings. The van der Waals surface area contributed by atoms with Crippen molar-refractivity contribution in [3.8, 4) is 0 Å². The highest BCUT2D eigenvalue weighted by molar-refractivity contribution is 5.99. The number of carbonyl (C=O) groups excluding carboxylic acids is 2. The Bertz CT molecular complexity index is 901. The average molecular weight is 403 g/mol. The number of amides is 2. The molecule has 1 unspecified atom stereocenters. The smallest absolute Gasteiger partial charge is 0.351 e. The summed E-state index contributed by atoms with van der Waals surface area (Å²) in [6, 6.07) is 4.30. The first-order valence-corrected chi connectivity index (χ1v) is 8.59. The number of carbonyl (C=O) groups is 2. The number of benzene rings is 1. The number of hydrogen-bond donors (Lipinski definition) is 2. The molecule has 152 valence electrons. The molecule has 0 spiro atoms. The molecule has 0 saturated carbocycles. The van der Waals surface area contributed by atoms with Gasteiger partial charge in [0.25, 0.3) is 5.91 Å². The van der Waals surface area contributed by atoms with Crippen molar-refractivity contribution in [1.82, 2.24) is 15.2 Å². The van der Waals surface area contributed by atoms with E-state index in [2.05, 4.69) is 10.3 Å². The molecule has 3 rings (SSSR count). The third kappa shape index (κ3) is 4.26. The summed E-state index contributed by atoms with van der Waals surface area (Å²) in [5, 5.41) is 2.57. The normalized spacial score (nSPS) is 17.9. The number of fused-ring (bicyclic) bond motifs is 1. The van der Waals surface area contributed by atoms with E-state index in [1.165, 1.54) is 17.0 Å². The zero-order chi connectivity index (χ0) is 20.7. The highest BCUT2D eigenvalue weighted by Gasteiger charge is 2.40. The Morgan fingerprint density at radius 1 is 1.21 bits per heavy atom. The van der Waals surface area contributed by atoms with Crippen LogP contribution in [0, 0.1) is 5.92 Å². The van der Waals surface area contributed by atoms with Gasteiger partial charge in [-0.3, -0.25) is 9.59 Å². The molecule has 0 radical (unpaired) electrons. The number of likely N-dealkylation sites (tertiary alicyclic amines) is 1. The van der Waals surface area contributed by atoms with Crippen LogP contribution in [0.3, 0.4) is 0 Å². The van der Waals surface area contributed by atoms with Gasteiger partial charge in [0.1, 0.15) is 5.69 Å². The van der Waals surface area contributed by atoms with Gasteiger partial charge in [-0.15, -0.1) is 0 Å². The highest BCUT2D eigenvalue weighted by Crippen LogP contribution is 2.32. The molecule has 1 aromatic heterocycles. The summed E-state index contributed by atoms with van der Waals surface area (Å²) in [5.41, 5.74) is -0.490. The minimum atomic E-state index is -4.50. The predicted molar refractivity (Wildman–Crippen MR) is 90.9 cm³/mol. The van der Waals surface area contributed by atoms with E-state index < -0.39 is 35.4 Å². The molecular weight excluding hydrogens is 385 g/mol. The van der Waals surface area contributed by atoms with E-state index in [1.54, 1.807) is 0 Å². The summed E-state index contributed by atoms with van der Waals surface area (Å²) in [6.45, 7) is 0.539. The molecule has 1 aliphatic heterocycles. The minimum Gasteiger partial charge on any atom is -0.351 e. The average Bonchev–Trinajstić information content (AvgIpc) is 3.24. The topological polar surface area (TPSA) is 65.2 Å². The Hall–Kier alpha value is -2.65. The number of H-pyrrole nitrogens is 1. The van der Waals surface area contributed by atoms with Crippen LogP contribution in [0.5, 0.6) is 0 Å². The molecule has 1 atom stereocenters. The van der Waals surface area contributed by atoms with Crippen molar-refractivity contribution in [1.29, 1.82) is 0 Å². The maximum absolute atomic E-state index is 13.3. The van der Waals surface area contributed by atoms with E-state index in [9.17, 15) is 31.5 Å². The fraction of sp³-hybridized carbons (Fsp3) is 0.444. The van der Waals surface area contributed by atoms with Gasteiger partial charge in [-0.25, -0.2) is 8.78 Å². The molecule has 1 aromatic carbocycles. The maximum atomic E-state index is 13.3. The van der Waals surface area contributed by atoms with Crippen molar-refractivity contribution in [2.75, 3.05) is 19.6 Å². The van der Waals surface area contributed by atoms with Gasteiger partial charge in [-0.2, -0.15) is 13.2 Å². The van der Waals surface area contributed by atoms with E-state index in [0.29, 0.717) is 5.52 Å². The lowest BCUT2D eigenvalue weighted by Crippen LogP contribution is -2.40. The Labute approximate surface area is 156 Å². The standard InChI is InChI=1S/C18H18F5N3O2/c1-17(19,20)12-4-5-26(9-12)15(27)8-24-16(28)14-7-10-6-11(18(21,22)23)2-3-13(10)25-14/h2-3,6-7,12,25H,4-5,8-9H2,1H3,(H,24,28). The Kier molecular flexibility index (Phi) is 5.07. The van der Waals surface area contributed by atoms with Crippen molar-refractivity contribution >= 4 is 22.7 Å². The summed E-state index contributed by atoms with van der Waals surface area (Å²) in [4.78, 5) is 28.3. The van der Waals surface area contributed by atoms with Gasteiger partial charge < -0.3 is 15.2 Å². The van der Waals surface area contributed by atoms with Gasteiger partial charge in [0, 0.05) is 29.9 Å². The number of nitrogens with one attached hydrogen (secondary N) is 2. The van der Waals surface area contributed by atoms with Gasteiger partial charge in [-0.05, 0) is 37.6 Å². The van der Waals surface area contributed by atoms with E-state index >= 15 is 0 Å². The monoisotopic (exact) mass is 403 g/mol. The molecule has 1 aliphatic rings. The van der Waals surface area contributed by atoms with Crippen LogP contribution in [0.15, 0.2) is 24.3 Å². The van der Waals surface area contributed by atoms with Crippen LogP contribution in [0.1, 0.15) is 29.4 Å². The lowest BCUT2D eigenvalue weighted by atomic mass is 10.0. The molecule has 0 aliphatic carbocycles. The minimum absolute atomic E-state index is 0.00140. The molecule has 1 saturated heterocycles. The van der Waals surface area contributed by atoms with E-state index in [-0.39, 0.29) is 37.1 Å². The van der Waals surface area contributed by atoms with Gasteiger partial charge >= 0.3 is 6.18 Å². The fourth-order valence-corrected chi connectivity index (χ4v) is 3.19. The summed E-state index contributed by atoms with van der Waals surface area (Å²) in [5.74, 6) is -4.95. The second kappa shape index (κ2) is 7.06. The fourth-order valence-electron chi connectivity index (χ4n) is 3.19. The molecular formula is C18H18F5N3O2. The predicted octanol–water partition coefficient (Wildman–Crippen LogP) is 3.42. The summed E-state index contributed by atoms with van der Waals surface area (Å²) < 4.78 is 64.9. The zero-order valence-corrected chi connectivity index (χ0v) is 14.9. The van der Waals surface area contributed by atoms with Crippen molar-refractivity contribution in [2.24, 2.45) is 5.92 Å². The Balaban J connectivity index is 1.61. The van der Waals surface area contributed by atoms with Gasteiger partial charge in [0.05, 0.1) is 12.1 Å². The zero-order valence-electron chi connectivity index (χ0n) is 14.9. The third-order valence-corrected chi connectivity index (χ3v) is 4.85. The number of halogens is 5. The number of hydrogen-bond acceptors (Lipinski definition) is 2. The van der Waals surface area contributed by atoms with Crippen LogP contribution in [0.25, 0.3) is 10.9 Å². The van der Waals surface area contributed by atoms with Crippen molar-refractivity contribution in [2.45, 2.75) is 25.4 Å². The van der Waals surface area contributed by atoms with E-state index in [4.69, 9.17) is 0 Å². The largest absolute Gasteiger partial charge is 0.416 e. The second-order valence-corrected chi connectivity index (χ2v) is 6.95. The van der Waals surface area contributed by atoms with Crippen LogP contribution in [0.4, 0.5) is 22.0 Å². The van der Waals surface area contributed by atoms with Crippen molar-refractivity contribution < 1.29 is 31.5 Å². The lowest BCUT2D eigenvalue weighted by molar-refractivity contribution is -0.137. The first-order chi connectivity index (χ1) is 12.9. The molecule has 2 amide bonds. The van der Waals surface area contributed by atoms with E-state index in [0.717, 1.165) is 19.1 Å². The first-order valence-electron chi connectivity index (χ1n) is 8.59. The summed E-state index contributed by atoms with van der Waals surface area (Å²) in [7, 11) is 0. The van der Waals surface area contributed by atoms with Crippen molar-refractivity contribution in [3.63, 3.8) is 0 Å². The van der Waals surface area contributed by atoms with Gasteiger partial charge in [-0.1, -0.05) is 0 Å². The quantitative estimate of drug-likeness (QED) is 0.769. The van der Waals surface area contributed by atoms with Crippen LogP contribution in [-0.4, -0.2) is 47.3 Å². The molecule has 10 heteroatoms. The molecule has 1 fully saturated rings. The van der Waals surface area contributed by atoms with Gasteiger partial charge in [0.2, 0.25) is 11.8 Å².